The smallest absolute Gasteiger partial charge is 0.242 e. The fourth-order valence-corrected chi connectivity index (χ4v) is 2.97. The molecule has 0 aliphatic carbocycles. The van der Waals surface area contributed by atoms with E-state index in [9.17, 15) is 9.59 Å². The van der Waals surface area contributed by atoms with Crippen LogP contribution in [0.3, 0.4) is 0 Å². The number of rotatable bonds is 3. The van der Waals surface area contributed by atoms with Gasteiger partial charge in [-0.05, 0) is 37.5 Å². The molecular formula is C15H18Cl2N2O2. The molecule has 0 radical (unpaired) electrons. The van der Waals surface area contributed by atoms with Crippen molar-refractivity contribution in [1.29, 1.82) is 0 Å². The van der Waals surface area contributed by atoms with Crippen LogP contribution in [-0.4, -0.2) is 36.3 Å². The molecule has 1 fully saturated rings. The maximum atomic E-state index is 12.3. The molecule has 0 atom stereocenters. The first-order valence-electron chi connectivity index (χ1n) is 6.99. The standard InChI is InChI=1S/C15H18Cl2N2O2/c1-11(20)19(14-8-12(16)7-13(17)9-14)10-15(21)18-5-3-2-4-6-18/h7-9H,2-6,10H2,1H3. The molecule has 0 aromatic heterocycles. The van der Waals surface area contributed by atoms with Crippen molar-refractivity contribution in [3.05, 3.63) is 28.2 Å². The minimum absolute atomic E-state index is 0.0198. The summed E-state index contributed by atoms with van der Waals surface area (Å²) in [6.45, 7) is 2.98. The van der Waals surface area contributed by atoms with E-state index in [0.29, 0.717) is 15.7 Å². The number of likely N-dealkylation sites (tertiary alicyclic amines) is 1. The quantitative estimate of drug-likeness (QED) is 0.853. The molecule has 1 aliphatic rings. The van der Waals surface area contributed by atoms with Crippen molar-refractivity contribution >= 4 is 40.7 Å². The third kappa shape index (κ3) is 4.35. The number of halogens is 2. The molecule has 1 aromatic carbocycles. The highest BCUT2D eigenvalue weighted by atomic mass is 35.5. The van der Waals surface area contributed by atoms with Gasteiger partial charge in [-0.15, -0.1) is 0 Å². The van der Waals surface area contributed by atoms with Gasteiger partial charge in [-0.2, -0.15) is 0 Å². The average Bonchev–Trinajstić information content (AvgIpc) is 2.44. The molecule has 1 saturated heterocycles. The molecule has 0 bridgehead atoms. The third-order valence-corrected chi connectivity index (χ3v) is 3.98. The van der Waals surface area contributed by atoms with Crippen LogP contribution < -0.4 is 4.90 Å². The number of hydrogen-bond donors (Lipinski definition) is 0. The second kappa shape index (κ2) is 7.14. The van der Waals surface area contributed by atoms with Crippen LogP contribution in [0.5, 0.6) is 0 Å². The molecule has 4 nitrogen and oxygen atoms in total. The van der Waals surface area contributed by atoms with Crippen LogP contribution in [0.4, 0.5) is 5.69 Å². The Morgan fingerprint density at radius 2 is 1.67 bits per heavy atom. The van der Waals surface area contributed by atoms with Crippen LogP contribution in [-0.2, 0) is 9.59 Å². The zero-order chi connectivity index (χ0) is 15.4. The number of piperidine rings is 1. The summed E-state index contributed by atoms with van der Waals surface area (Å²) < 4.78 is 0. The number of carbonyl (C=O) groups is 2. The highest BCUT2D eigenvalue weighted by molar-refractivity contribution is 6.35. The summed E-state index contributed by atoms with van der Waals surface area (Å²) in [5, 5.41) is 0.878. The van der Waals surface area contributed by atoms with Gasteiger partial charge in [0.2, 0.25) is 11.8 Å². The summed E-state index contributed by atoms with van der Waals surface area (Å²) in [6, 6.07) is 4.87. The maximum Gasteiger partial charge on any atom is 0.242 e. The van der Waals surface area contributed by atoms with Crippen molar-refractivity contribution in [2.24, 2.45) is 0 Å². The molecular weight excluding hydrogens is 311 g/mol. The number of anilines is 1. The fraction of sp³-hybridized carbons (Fsp3) is 0.467. The monoisotopic (exact) mass is 328 g/mol. The van der Waals surface area contributed by atoms with Crippen molar-refractivity contribution < 1.29 is 9.59 Å². The second-order valence-electron chi connectivity index (χ2n) is 5.17. The second-order valence-corrected chi connectivity index (χ2v) is 6.05. The normalized spacial score (nSPS) is 14.9. The summed E-state index contributed by atoms with van der Waals surface area (Å²) in [7, 11) is 0. The van der Waals surface area contributed by atoms with Crippen LogP contribution >= 0.6 is 23.2 Å². The summed E-state index contributed by atoms with van der Waals surface area (Å²) in [5.41, 5.74) is 0.547. The average molecular weight is 329 g/mol. The fourth-order valence-electron chi connectivity index (χ4n) is 2.46. The molecule has 2 rings (SSSR count). The van der Waals surface area contributed by atoms with Gasteiger partial charge in [0.25, 0.3) is 0 Å². The number of hydrogen-bond acceptors (Lipinski definition) is 2. The Kier molecular flexibility index (Phi) is 5.48. The lowest BCUT2D eigenvalue weighted by Crippen LogP contribution is -2.44. The topological polar surface area (TPSA) is 40.6 Å². The van der Waals surface area contributed by atoms with Crippen LogP contribution in [0.25, 0.3) is 0 Å². The Morgan fingerprint density at radius 1 is 1.10 bits per heavy atom. The lowest BCUT2D eigenvalue weighted by Gasteiger charge is -2.29. The van der Waals surface area contributed by atoms with Crippen LogP contribution in [0.2, 0.25) is 10.0 Å². The molecule has 1 aliphatic heterocycles. The van der Waals surface area contributed by atoms with Gasteiger partial charge in [0.15, 0.2) is 0 Å². The highest BCUT2D eigenvalue weighted by Crippen LogP contribution is 2.25. The predicted octanol–water partition coefficient (Wildman–Crippen LogP) is 3.36. The molecule has 21 heavy (non-hydrogen) atoms. The van der Waals surface area contributed by atoms with Crippen LogP contribution in [0.1, 0.15) is 26.2 Å². The first kappa shape index (κ1) is 16.1. The lowest BCUT2D eigenvalue weighted by molar-refractivity contribution is -0.132. The molecule has 0 unspecified atom stereocenters. The van der Waals surface area contributed by atoms with Gasteiger partial charge >= 0.3 is 0 Å². The van der Waals surface area contributed by atoms with Crippen molar-refractivity contribution in [2.75, 3.05) is 24.5 Å². The molecule has 0 saturated carbocycles. The molecule has 1 heterocycles. The van der Waals surface area contributed by atoms with Crippen LogP contribution in [0, 0.1) is 0 Å². The van der Waals surface area contributed by atoms with Crippen LogP contribution in [0.15, 0.2) is 18.2 Å². The number of amides is 2. The summed E-state index contributed by atoms with van der Waals surface area (Å²) in [5.74, 6) is -0.250. The van der Waals surface area contributed by atoms with E-state index in [1.807, 2.05) is 4.90 Å². The molecule has 0 spiro atoms. The summed E-state index contributed by atoms with van der Waals surface area (Å²) in [6.07, 6.45) is 3.20. The van der Waals surface area contributed by atoms with E-state index in [0.717, 1.165) is 32.4 Å². The number of nitrogens with zero attached hydrogens (tertiary/aromatic N) is 2. The third-order valence-electron chi connectivity index (χ3n) is 3.54. The highest BCUT2D eigenvalue weighted by Gasteiger charge is 2.22. The van der Waals surface area contributed by atoms with Crippen molar-refractivity contribution in [3.8, 4) is 0 Å². The minimum atomic E-state index is -0.210. The Labute approximate surface area is 134 Å². The molecule has 114 valence electrons. The minimum Gasteiger partial charge on any atom is -0.341 e. The van der Waals surface area contributed by atoms with Gasteiger partial charge in [0.05, 0.1) is 0 Å². The van der Waals surface area contributed by atoms with E-state index >= 15 is 0 Å². The summed E-state index contributed by atoms with van der Waals surface area (Å²) >= 11 is 11.9. The van der Waals surface area contributed by atoms with E-state index in [2.05, 4.69) is 0 Å². The maximum absolute atomic E-state index is 12.3. The number of benzene rings is 1. The SMILES string of the molecule is CC(=O)N(CC(=O)N1CCCCC1)c1cc(Cl)cc(Cl)c1. The largest absolute Gasteiger partial charge is 0.341 e. The first-order chi connectivity index (χ1) is 9.97. The van der Waals surface area contributed by atoms with Gasteiger partial charge in [0.1, 0.15) is 6.54 Å². The van der Waals surface area contributed by atoms with Gasteiger partial charge < -0.3 is 9.80 Å². The Balaban J connectivity index is 2.15. The van der Waals surface area contributed by atoms with Crippen molar-refractivity contribution in [3.63, 3.8) is 0 Å². The summed E-state index contributed by atoms with van der Waals surface area (Å²) in [4.78, 5) is 27.4. The Morgan fingerprint density at radius 3 is 2.19 bits per heavy atom. The molecule has 0 N–H and O–H groups in total. The zero-order valence-electron chi connectivity index (χ0n) is 11.9. The Bertz CT molecular complexity index is 522. The van der Waals surface area contributed by atoms with Gasteiger partial charge in [-0.1, -0.05) is 23.2 Å². The first-order valence-corrected chi connectivity index (χ1v) is 7.75. The van der Waals surface area contributed by atoms with Gasteiger partial charge in [-0.25, -0.2) is 0 Å². The van der Waals surface area contributed by atoms with Gasteiger partial charge in [0, 0.05) is 35.7 Å². The van der Waals surface area contributed by atoms with E-state index in [-0.39, 0.29) is 18.4 Å². The van der Waals surface area contributed by atoms with E-state index in [1.165, 1.54) is 11.8 Å². The van der Waals surface area contributed by atoms with Crippen molar-refractivity contribution in [1.82, 2.24) is 4.90 Å². The molecule has 6 heteroatoms. The van der Waals surface area contributed by atoms with E-state index in [1.54, 1.807) is 18.2 Å². The zero-order valence-corrected chi connectivity index (χ0v) is 13.5. The van der Waals surface area contributed by atoms with E-state index in [4.69, 9.17) is 23.2 Å². The van der Waals surface area contributed by atoms with Crippen molar-refractivity contribution in [2.45, 2.75) is 26.2 Å². The predicted molar refractivity (Wildman–Crippen MR) is 84.9 cm³/mol. The van der Waals surface area contributed by atoms with E-state index < -0.39 is 0 Å². The van der Waals surface area contributed by atoms with Gasteiger partial charge in [-0.3, -0.25) is 9.59 Å². The lowest BCUT2D eigenvalue weighted by atomic mass is 10.1. The number of carbonyl (C=O) groups excluding carboxylic acids is 2. The Hall–Kier alpha value is -1.26. The molecule has 1 aromatic rings. The molecule has 2 amide bonds.